The molecule has 2 aromatic heterocycles. The summed E-state index contributed by atoms with van der Waals surface area (Å²) in [6, 6.07) is -4.79. The highest BCUT2D eigenvalue weighted by molar-refractivity contribution is 6.00. The Kier molecular flexibility index (Phi) is 24.0. The molecular weight excluding hydrogens is 987 g/mol. The molecule has 0 bridgehead atoms. The van der Waals surface area contributed by atoms with Crippen LogP contribution in [0.2, 0.25) is 0 Å². The summed E-state index contributed by atoms with van der Waals surface area (Å²) in [6.07, 6.45) is 2.66. The number of imidazole rings is 2. The van der Waals surface area contributed by atoms with Crippen LogP contribution in [0.4, 0.5) is 0 Å². The average Bonchev–Trinajstić information content (AvgIpc) is 4.08. The second kappa shape index (κ2) is 29.7. The van der Waals surface area contributed by atoms with E-state index in [2.05, 4.69) is 62.5 Å². The predicted molar refractivity (Wildman–Crippen MR) is 261 cm³/mol. The van der Waals surface area contributed by atoms with Crippen molar-refractivity contribution in [2.75, 3.05) is 0 Å². The molecule has 2 heterocycles. The Bertz CT molecular complexity index is 2470. The Labute approximate surface area is 429 Å². The monoisotopic (exact) mass is 1050 g/mol. The maximum absolute atomic E-state index is 13.9. The van der Waals surface area contributed by atoms with Gasteiger partial charge in [0.15, 0.2) is 0 Å². The van der Waals surface area contributed by atoms with E-state index in [1.165, 1.54) is 32.0 Å². The normalized spacial score (nSPS) is 14.9. The van der Waals surface area contributed by atoms with Gasteiger partial charge in [-0.1, -0.05) is 50.6 Å². The van der Waals surface area contributed by atoms with Crippen molar-refractivity contribution in [1.29, 1.82) is 0 Å². The molecule has 1 aromatic carbocycles. The lowest BCUT2D eigenvalue weighted by molar-refractivity contribution is -0.143. The molecule has 0 fully saturated rings. The first-order valence-corrected chi connectivity index (χ1v) is 23.6. The number of nitrogens with zero attached hydrogens (tertiary/aromatic N) is 2. The summed E-state index contributed by atoms with van der Waals surface area (Å²) >= 11 is 0. The van der Waals surface area contributed by atoms with Gasteiger partial charge in [0, 0.05) is 43.0 Å². The molecule has 0 aliphatic carbocycles. The van der Waals surface area contributed by atoms with E-state index in [0.29, 0.717) is 11.4 Å². The van der Waals surface area contributed by atoms with E-state index in [1.807, 2.05) is 0 Å². The third-order valence-corrected chi connectivity index (χ3v) is 11.5. The third-order valence-electron chi connectivity index (χ3n) is 11.5. The first kappa shape index (κ1) is 60.5. The number of aromatic nitrogens is 4. The van der Waals surface area contributed by atoms with Crippen LogP contribution in [0.25, 0.3) is 0 Å². The molecular formula is C46H65N15O14. The van der Waals surface area contributed by atoms with E-state index in [4.69, 9.17) is 17.2 Å². The standard InChI is InChI=1S/C46H65N15O14/c1-5-22(2)37(45(73)59-31(16-35(49)63)44(72)58-32(17-36(64)65)42(70)55-23(3)38(66)60-33(46(74)75)15-27-19-51-21-53-27)61-39(67)24(4)54-41(69)29(11-12-34(48)62)56-43(71)30(14-26-18-50-20-52-26)57-40(68)28(47)13-25-9-7-6-8-10-25/h6-10,18-24,28-33,37H,5,11-17,47H2,1-4H3,(H2,48,62)(H2,49,63)(H,50,52)(H,51,53)(H,54,69)(H,55,70)(H,56,71)(H,57,68)(H,58,72)(H,59,73)(H,60,66)(H,61,67)(H,64,65)(H,74,75)/t22-,23-,24-,28-,29-,30-,31-,32-,33-,37-/m0/s1. The number of carbonyl (C=O) groups is 12. The van der Waals surface area contributed by atoms with Crippen molar-refractivity contribution in [2.45, 2.75) is 133 Å². The smallest absolute Gasteiger partial charge is 0.326 e. The number of carboxylic acid groups (broad SMARTS) is 2. The summed E-state index contributed by atoms with van der Waals surface area (Å²) in [7, 11) is 0. The number of rotatable bonds is 32. The minimum Gasteiger partial charge on any atom is -0.481 e. The maximum atomic E-state index is 13.9. The van der Waals surface area contributed by atoms with E-state index in [-0.39, 0.29) is 32.1 Å². The van der Waals surface area contributed by atoms with Gasteiger partial charge in [-0.3, -0.25) is 52.7 Å². The van der Waals surface area contributed by atoms with Crippen LogP contribution >= 0.6 is 0 Å². The highest BCUT2D eigenvalue weighted by Gasteiger charge is 2.36. The van der Waals surface area contributed by atoms with Crippen molar-refractivity contribution in [3.05, 3.63) is 72.3 Å². The summed E-state index contributed by atoms with van der Waals surface area (Å²) < 4.78 is 0. The number of primary amides is 2. The molecule has 0 aliphatic rings. The van der Waals surface area contributed by atoms with Crippen LogP contribution in [0.3, 0.4) is 0 Å². The van der Waals surface area contributed by atoms with Crippen molar-refractivity contribution < 1.29 is 67.7 Å². The molecule has 0 unspecified atom stereocenters. The zero-order valence-corrected chi connectivity index (χ0v) is 41.5. The van der Waals surface area contributed by atoms with Gasteiger partial charge in [-0.15, -0.1) is 0 Å². The average molecular weight is 1050 g/mol. The molecule has 0 radical (unpaired) electrons. The van der Waals surface area contributed by atoms with Gasteiger partial charge < -0.3 is 79.9 Å². The fourth-order valence-electron chi connectivity index (χ4n) is 7.07. The summed E-state index contributed by atoms with van der Waals surface area (Å²) in [5, 5.41) is 38.0. The number of hydrogen-bond donors (Lipinski definition) is 15. The van der Waals surface area contributed by atoms with Crippen LogP contribution in [0.1, 0.15) is 76.8 Å². The Hall–Kier alpha value is -8.76. The molecule has 0 saturated carbocycles. The number of amides is 10. The van der Waals surface area contributed by atoms with Crippen LogP contribution in [-0.2, 0) is 76.8 Å². The topological polar surface area (TPSA) is 477 Å². The minimum atomic E-state index is -1.94. The number of nitrogens with one attached hydrogen (secondary N) is 10. The van der Waals surface area contributed by atoms with Gasteiger partial charge >= 0.3 is 11.9 Å². The van der Waals surface area contributed by atoms with Gasteiger partial charge in [0.1, 0.15) is 48.3 Å². The van der Waals surface area contributed by atoms with Crippen molar-refractivity contribution in [1.82, 2.24) is 62.5 Å². The lowest BCUT2D eigenvalue weighted by Gasteiger charge is -2.28. The zero-order chi connectivity index (χ0) is 55.9. The number of aromatic amines is 2. The van der Waals surface area contributed by atoms with Crippen molar-refractivity contribution in [3.63, 3.8) is 0 Å². The predicted octanol–water partition coefficient (Wildman–Crippen LogP) is -4.85. The number of hydrogen-bond acceptors (Lipinski definition) is 15. The van der Waals surface area contributed by atoms with Crippen LogP contribution in [0, 0.1) is 5.92 Å². The van der Waals surface area contributed by atoms with Crippen LogP contribution < -0.4 is 59.7 Å². The summed E-state index contributed by atoms with van der Waals surface area (Å²) in [4.78, 5) is 169. The van der Waals surface area contributed by atoms with E-state index in [9.17, 15) is 67.7 Å². The van der Waals surface area contributed by atoms with Gasteiger partial charge in [0.25, 0.3) is 0 Å². The number of nitrogens with two attached hydrogens (primary N) is 3. The van der Waals surface area contributed by atoms with Gasteiger partial charge in [-0.05, 0) is 38.2 Å². The molecule has 18 N–H and O–H groups in total. The van der Waals surface area contributed by atoms with E-state index >= 15 is 0 Å². The van der Waals surface area contributed by atoms with Crippen LogP contribution in [0.5, 0.6) is 0 Å². The second-order valence-electron chi connectivity index (χ2n) is 17.6. The van der Waals surface area contributed by atoms with Gasteiger partial charge in [-0.2, -0.15) is 0 Å². The Balaban J connectivity index is 1.74. The number of H-pyrrole nitrogens is 2. The molecule has 0 aliphatic heterocycles. The SMILES string of the molecule is CC[C@H](C)[C@H](NC(=O)[C@H](C)NC(=O)[C@H](CCC(N)=O)NC(=O)[C@H](Cc1cnc[nH]1)NC(=O)[C@@H](N)Cc1ccccc1)C(=O)N[C@@H](CC(N)=O)C(=O)N[C@@H](CC(=O)O)C(=O)N[C@@H](C)C(=O)N[C@@H](Cc1cnc[nH]1)C(=O)O. The molecule has 0 saturated heterocycles. The first-order valence-electron chi connectivity index (χ1n) is 23.6. The molecule has 3 rings (SSSR count). The van der Waals surface area contributed by atoms with Crippen molar-refractivity contribution in [3.8, 4) is 0 Å². The van der Waals surface area contributed by atoms with Crippen molar-refractivity contribution in [2.24, 2.45) is 23.1 Å². The molecule has 29 nitrogen and oxygen atoms in total. The van der Waals surface area contributed by atoms with Crippen molar-refractivity contribution >= 4 is 71.0 Å². The molecule has 0 spiro atoms. The Morgan fingerprint density at radius 3 is 1.52 bits per heavy atom. The molecule has 10 atom stereocenters. The first-order chi connectivity index (χ1) is 35.4. The fraction of sp³-hybridized carbons (Fsp3) is 0.478. The molecule has 3 aromatic rings. The number of carbonyl (C=O) groups excluding carboxylic acids is 10. The lowest BCUT2D eigenvalue weighted by Crippen LogP contribution is -2.61. The summed E-state index contributed by atoms with van der Waals surface area (Å²) in [6.45, 7) is 5.58. The van der Waals surface area contributed by atoms with Gasteiger partial charge in [0.2, 0.25) is 59.1 Å². The highest BCUT2D eigenvalue weighted by atomic mass is 16.4. The largest absolute Gasteiger partial charge is 0.481 e. The van der Waals surface area contributed by atoms with E-state index in [1.54, 1.807) is 44.2 Å². The summed E-state index contributed by atoms with van der Waals surface area (Å²) in [5.74, 6) is -13.8. The highest BCUT2D eigenvalue weighted by Crippen LogP contribution is 2.11. The van der Waals surface area contributed by atoms with Gasteiger partial charge in [0.05, 0.1) is 31.5 Å². The lowest BCUT2D eigenvalue weighted by atomic mass is 9.97. The molecule has 10 amide bonds. The van der Waals surface area contributed by atoms with Crippen LogP contribution in [-0.4, -0.2) is 156 Å². The minimum absolute atomic E-state index is 0.131. The Morgan fingerprint density at radius 2 is 1.01 bits per heavy atom. The maximum Gasteiger partial charge on any atom is 0.326 e. The number of carboxylic acids is 2. The Morgan fingerprint density at radius 1 is 0.547 bits per heavy atom. The molecule has 408 valence electrons. The zero-order valence-electron chi connectivity index (χ0n) is 41.5. The number of aliphatic carboxylic acids is 2. The quantitative estimate of drug-likeness (QED) is 0.0279. The molecule has 29 heteroatoms. The van der Waals surface area contributed by atoms with Gasteiger partial charge in [-0.25, -0.2) is 14.8 Å². The van der Waals surface area contributed by atoms with E-state index in [0.717, 1.165) is 12.5 Å². The molecule has 75 heavy (non-hydrogen) atoms. The summed E-state index contributed by atoms with van der Waals surface area (Å²) in [5.41, 5.74) is 18.5. The fourth-order valence-corrected chi connectivity index (χ4v) is 7.07. The third kappa shape index (κ3) is 20.7. The van der Waals surface area contributed by atoms with E-state index < -0.39 is 151 Å². The number of benzene rings is 1. The second-order valence-corrected chi connectivity index (χ2v) is 17.6. The van der Waals surface area contributed by atoms with Crippen LogP contribution in [0.15, 0.2) is 55.4 Å².